The molecule has 0 radical (unpaired) electrons. The second kappa shape index (κ2) is 6.68. The van der Waals surface area contributed by atoms with Gasteiger partial charge < -0.3 is 9.64 Å². The topological polar surface area (TPSA) is 55.3 Å². The number of methoxy groups -OCH3 is 1. The van der Waals surface area contributed by atoms with Crippen LogP contribution in [0.4, 0.5) is 5.82 Å². The Hall–Kier alpha value is -1.65. The van der Waals surface area contributed by atoms with Crippen LogP contribution in [0.1, 0.15) is 44.7 Å². The normalized spacial score (nSPS) is 17.9. The maximum absolute atomic E-state index is 11.5. The quantitative estimate of drug-likeness (QED) is 0.791. The third-order valence-corrected chi connectivity index (χ3v) is 4.14. The van der Waals surface area contributed by atoms with Crippen LogP contribution in [0, 0.1) is 5.92 Å². The van der Waals surface area contributed by atoms with Gasteiger partial charge in [-0.05, 0) is 25.2 Å². The van der Waals surface area contributed by atoms with Gasteiger partial charge in [-0.3, -0.25) is 4.79 Å². The predicted molar refractivity (Wildman–Crippen MR) is 77.7 cm³/mol. The molecule has 2 heterocycles. The molecule has 0 saturated carbocycles. The summed E-state index contributed by atoms with van der Waals surface area (Å²) in [6.07, 6.45) is 4.37. The van der Waals surface area contributed by atoms with Crippen LogP contribution >= 0.6 is 0 Å². The monoisotopic (exact) mass is 277 g/mol. The highest BCUT2D eigenvalue weighted by Crippen LogP contribution is 2.25. The van der Waals surface area contributed by atoms with E-state index in [0.717, 1.165) is 43.9 Å². The minimum absolute atomic E-state index is 0.0344. The van der Waals surface area contributed by atoms with E-state index in [1.807, 2.05) is 0 Å². The van der Waals surface area contributed by atoms with Crippen molar-refractivity contribution < 1.29 is 9.53 Å². The van der Waals surface area contributed by atoms with Crippen molar-refractivity contribution in [2.45, 2.75) is 39.0 Å². The molecule has 1 aliphatic heterocycles. The van der Waals surface area contributed by atoms with Crippen LogP contribution < -0.4 is 4.90 Å². The van der Waals surface area contributed by atoms with E-state index in [2.05, 4.69) is 34.8 Å². The summed E-state index contributed by atoms with van der Waals surface area (Å²) < 4.78 is 4.81. The van der Waals surface area contributed by atoms with Gasteiger partial charge in [-0.25, -0.2) is 9.97 Å². The van der Waals surface area contributed by atoms with E-state index >= 15 is 0 Å². The Balaban J connectivity index is 2.02. The predicted octanol–water partition coefficient (Wildman–Crippen LogP) is 2.38. The van der Waals surface area contributed by atoms with Crippen molar-refractivity contribution in [1.82, 2.24) is 9.97 Å². The summed E-state index contributed by atoms with van der Waals surface area (Å²) in [4.78, 5) is 22.5. The van der Waals surface area contributed by atoms with Crippen LogP contribution in [0.15, 0.2) is 12.4 Å². The lowest BCUT2D eigenvalue weighted by atomic mass is 9.97. The van der Waals surface area contributed by atoms with Gasteiger partial charge in [0.2, 0.25) is 0 Å². The van der Waals surface area contributed by atoms with E-state index in [1.54, 1.807) is 6.33 Å². The molecule has 1 saturated heterocycles. The Kier molecular flexibility index (Phi) is 4.93. The summed E-state index contributed by atoms with van der Waals surface area (Å²) >= 11 is 0. The number of piperidine rings is 1. The van der Waals surface area contributed by atoms with Gasteiger partial charge in [-0.1, -0.05) is 13.8 Å². The molecule has 20 heavy (non-hydrogen) atoms. The molecule has 1 aromatic rings. The average molecular weight is 277 g/mol. The fourth-order valence-electron chi connectivity index (χ4n) is 2.52. The molecular weight excluding hydrogens is 254 g/mol. The largest absolute Gasteiger partial charge is 0.469 e. The highest BCUT2D eigenvalue weighted by Gasteiger charge is 2.26. The molecule has 0 N–H and O–H groups in total. The first-order chi connectivity index (χ1) is 9.65. The zero-order valence-electron chi connectivity index (χ0n) is 12.5. The molecule has 1 aliphatic rings. The van der Waals surface area contributed by atoms with E-state index in [-0.39, 0.29) is 11.9 Å². The molecule has 1 aromatic heterocycles. The lowest BCUT2D eigenvalue weighted by molar-refractivity contribution is -0.146. The van der Waals surface area contributed by atoms with Crippen LogP contribution in [0.25, 0.3) is 0 Å². The Morgan fingerprint density at radius 3 is 2.75 bits per heavy atom. The maximum atomic E-state index is 11.5. The Morgan fingerprint density at radius 1 is 1.45 bits per heavy atom. The van der Waals surface area contributed by atoms with Crippen molar-refractivity contribution in [2.75, 3.05) is 25.1 Å². The van der Waals surface area contributed by atoms with Crippen LogP contribution in [0.3, 0.4) is 0 Å². The number of hydrogen-bond donors (Lipinski definition) is 0. The summed E-state index contributed by atoms with van der Waals surface area (Å²) in [6.45, 7) is 6.03. The number of nitrogens with zero attached hydrogens (tertiary/aromatic N) is 3. The number of carbonyl (C=O) groups is 1. The zero-order chi connectivity index (χ0) is 14.5. The van der Waals surface area contributed by atoms with Crippen LogP contribution in [0.2, 0.25) is 0 Å². The van der Waals surface area contributed by atoms with Gasteiger partial charge in [-0.15, -0.1) is 0 Å². The van der Waals surface area contributed by atoms with Gasteiger partial charge in [0, 0.05) is 24.8 Å². The van der Waals surface area contributed by atoms with E-state index < -0.39 is 0 Å². The average Bonchev–Trinajstić information content (AvgIpc) is 2.53. The van der Waals surface area contributed by atoms with Crippen molar-refractivity contribution >= 4 is 11.8 Å². The number of carbonyl (C=O) groups excluding carboxylic acids is 1. The number of esters is 1. The second-order valence-corrected chi connectivity index (χ2v) is 5.39. The molecular formula is C15H23N3O2. The van der Waals surface area contributed by atoms with Crippen LogP contribution in [0.5, 0.6) is 0 Å². The fourth-order valence-corrected chi connectivity index (χ4v) is 2.52. The smallest absolute Gasteiger partial charge is 0.308 e. The van der Waals surface area contributed by atoms with Crippen molar-refractivity contribution in [3.05, 3.63) is 18.1 Å². The van der Waals surface area contributed by atoms with Gasteiger partial charge in [0.15, 0.2) is 0 Å². The molecule has 2 rings (SSSR count). The van der Waals surface area contributed by atoms with Gasteiger partial charge >= 0.3 is 5.97 Å². The molecule has 5 nitrogen and oxygen atoms in total. The van der Waals surface area contributed by atoms with Crippen LogP contribution in [-0.4, -0.2) is 36.1 Å². The lowest BCUT2D eigenvalue weighted by Gasteiger charge is -2.31. The van der Waals surface area contributed by atoms with Crippen molar-refractivity contribution in [3.8, 4) is 0 Å². The van der Waals surface area contributed by atoms with E-state index in [9.17, 15) is 4.79 Å². The molecule has 0 bridgehead atoms. The Labute approximate surface area is 120 Å². The summed E-state index contributed by atoms with van der Waals surface area (Å²) in [7, 11) is 1.46. The first kappa shape index (κ1) is 14.8. The van der Waals surface area contributed by atoms with E-state index in [0.29, 0.717) is 5.92 Å². The molecule has 110 valence electrons. The summed E-state index contributed by atoms with van der Waals surface area (Å²) in [5, 5.41) is 0. The molecule has 0 spiro atoms. The van der Waals surface area contributed by atoms with Gasteiger partial charge in [0.1, 0.15) is 12.1 Å². The lowest BCUT2D eigenvalue weighted by Crippen LogP contribution is -2.37. The Bertz CT molecular complexity index is 456. The molecule has 1 fully saturated rings. The third-order valence-electron chi connectivity index (χ3n) is 4.14. The second-order valence-electron chi connectivity index (χ2n) is 5.39. The SMILES string of the molecule is CCC(C)c1cc(N2CCC(C(=O)OC)CC2)ncn1. The van der Waals surface area contributed by atoms with Gasteiger partial charge in [0.25, 0.3) is 0 Å². The molecule has 0 amide bonds. The number of ether oxygens (including phenoxy) is 1. The Morgan fingerprint density at radius 2 is 2.15 bits per heavy atom. The van der Waals surface area contributed by atoms with Gasteiger partial charge in [-0.2, -0.15) is 0 Å². The molecule has 1 atom stereocenters. The molecule has 5 heteroatoms. The maximum Gasteiger partial charge on any atom is 0.308 e. The van der Waals surface area contributed by atoms with E-state index in [1.165, 1.54) is 7.11 Å². The molecule has 0 aromatic carbocycles. The first-order valence-corrected chi connectivity index (χ1v) is 7.30. The highest BCUT2D eigenvalue weighted by atomic mass is 16.5. The molecule has 1 unspecified atom stereocenters. The van der Waals surface area contributed by atoms with E-state index in [4.69, 9.17) is 4.74 Å². The van der Waals surface area contributed by atoms with Crippen molar-refractivity contribution in [2.24, 2.45) is 5.92 Å². The van der Waals surface area contributed by atoms with Crippen molar-refractivity contribution in [1.29, 1.82) is 0 Å². The minimum Gasteiger partial charge on any atom is -0.469 e. The minimum atomic E-state index is -0.0902. The number of aromatic nitrogens is 2. The standard InChI is InChI=1S/C15H23N3O2/c1-4-11(2)13-9-14(17-10-16-13)18-7-5-12(6-8-18)15(19)20-3/h9-12H,4-8H2,1-3H3. The third kappa shape index (κ3) is 3.26. The summed E-state index contributed by atoms with van der Waals surface area (Å²) in [5.74, 6) is 1.36. The fraction of sp³-hybridized carbons (Fsp3) is 0.667. The number of anilines is 1. The van der Waals surface area contributed by atoms with Gasteiger partial charge in [0.05, 0.1) is 13.0 Å². The van der Waals surface area contributed by atoms with Crippen LogP contribution in [-0.2, 0) is 9.53 Å². The highest BCUT2D eigenvalue weighted by molar-refractivity contribution is 5.72. The zero-order valence-corrected chi connectivity index (χ0v) is 12.5. The summed E-state index contributed by atoms with van der Waals surface area (Å²) in [5.41, 5.74) is 1.09. The number of hydrogen-bond acceptors (Lipinski definition) is 5. The molecule has 0 aliphatic carbocycles. The first-order valence-electron chi connectivity index (χ1n) is 7.30. The summed E-state index contributed by atoms with van der Waals surface area (Å²) in [6, 6.07) is 2.08. The van der Waals surface area contributed by atoms with Crippen molar-refractivity contribution in [3.63, 3.8) is 0 Å². The number of rotatable bonds is 4.